The van der Waals surface area contributed by atoms with Crippen LogP contribution in [0, 0.1) is 0 Å². The summed E-state index contributed by atoms with van der Waals surface area (Å²) in [5, 5.41) is 4.21. The number of aromatic nitrogens is 2. The molecule has 32 heavy (non-hydrogen) atoms. The summed E-state index contributed by atoms with van der Waals surface area (Å²) < 4.78 is 6.16. The maximum Gasteiger partial charge on any atom is 0.231 e. The monoisotopic (exact) mass is 426 g/mol. The Bertz CT molecular complexity index is 1290. The summed E-state index contributed by atoms with van der Waals surface area (Å²) in [5.74, 6) is 1.04. The fraction of sp³-hybridized carbons (Fsp3) is 0.231. The van der Waals surface area contributed by atoms with E-state index in [1.54, 1.807) is 6.20 Å². The smallest absolute Gasteiger partial charge is 0.231 e. The number of pyridine rings is 1. The molecule has 5 rings (SSSR count). The third kappa shape index (κ3) is 3.58. The number of H-pyrrole nitrogens is 1. The van der Waals surface area contributed by atoms with E-state index in [4.69, 9.17) is 10.5 Å². The molecule has 4 aromatic rings. The molecule has 3 heterocycles. The van der Waals surface area contributed by atoms with E-state index in [1.165, 1.54) is 10.9 Å². The van der Waals surface area contributed by atoms with E-state index >= 15 is 0 Å². The van der Waals surface area contributed by atoms with E-state index in [0.29, 0.717) is 18.2 Å². The van der Waals surface area contributed by atoms with E-state index < -0.39 is 0 Å². The van der Waals surface area contributed by atoms with E-state index in [1.807, 2.05) is 37.3 Å². The predicted octanol–water partition coefficient (Wildman–Crippen LogP) is 5.27. The number of anilines is 2. The van der Waals surface area contributed by atoms with Crippen LogP contribution in [0.2, 0.25) is 0 Å². The Morgan fingerprint density at radius 2 is 2.03 bits per heavy atom. The van der Waals surface area contributed by atoms with Gasteiger partial charge in [0.15, 0.2) is 0 Å². The van der Waals surface area contributed by atoms with E-state index in [-0.39, 0.29) is 11.8 Å². The molecule has 6 nitrogen and oxygen atoms in total. The van der Waals surface area contributed by atoms with Gasteiger partial charge in [-0.3, -0.25) is 4.79 Å². The highest BCUT2D eigenvalue weighted by molar-refractivity contribution is 6.03. The lowest BCUT2D eigenvalue weighted by molar-refractivity contribution is -0.117. The van der Waals surface area contributed by atoms with Crippen molar-refractivity contribution in [3.63, 3.8) is 0 Å². The quantitative estimate of drug-likeness (QED) is 0.351. The molecule has 0 radical (unpaired) electrons. The van der Waals surface area contributed by atoms with Crippen LogP contribution in [0.1, 0.15) is 36.8 Å². The number of carbonyl (C=O) groups excluding carboxylic acids is 1. The number of amides is 1. The Balaban J connectivity index is 1.34. The van der Waals surface area contributed by atoms with Crippen molar-refractivity contribution in [1.29, 1.82) is 0 Å². The van der Waals surface area contributed by atoms with Crippen LogP contribution < -0.4 is 15.8 Å². The van der Waals surface area contributed by atoms with Crippen molar-refractivity contribution >= 4 is 28.3 Å². The Morgan fingerprint density at radius 1 is 1.16 bits per heavy atom. The van der Waals surface area contributed by atoms with Crippen molar-refractivity contribution in [2.24, 2.45) is 0 Å². The number of nitrogen functional groups attached to an aromatic ring is 1. The van der Waals surface area contributed by atoms with E-state index in [2.05, 4.69) is 39.7 Å². The number of ether oxygens (including phenoxy) is 1. The van der Waals surface area contributed by atoms with Crippen LogP contribution in [0.4, 0.5) is 11.5 Å². The lowest BCUT2D eigenvalue weighted by Gasteiger charge is -2.15. The molecule has 4 N–H and O–H groups in total. The van der Waals surface area contributed by atoms with Gasteiger partial charge < -0.3 is 20.8 Å². The van der Waals surface area contributed by atoms with Gasteiger partial charge in [-0.05, 0) is 60.2 Å². The van der Waals surface area contributed by atoms with Gasteiger partial charge in [0.1, 0.15) is 11.6 Å². The number of hydrogen-bond acceptors (Lipinski definition) is 4. The number of aromatic amines is 1. The highest BCUT2D eigenvalue weighted by Crippen LogP contribution is 2.41. The standard InChI is InChI=1S/C26H26N4O2/c1-2-18-20-14-16(9-10-22(20)30-26(18)31)24-23(11-12-28-25(24)27)32-13-5-6-17-15-29-21-8-4-3-7-19(17)21/h3-4,7-12,14-15,18,29H,2,5-6,13H2,1H3,(H2,27,28)(H,30,31). The Hall–Kier alpha value is -3.80. The number of fused-ring (bicyclic) bond motifs is 2. The van der Waals surface area contributed by atoms with E-state index in [9.17, 15) is 4.79 Å². The zero-order valence-electron chi connectivity index (χ0n) is 18.0. The normalized spacial score (nSPS) is 15.0. The molecule has 2 aromatic carbocycles. The number of nitrogens with one attached hydrogen (secondary N) is 2. The zero-order valence-corrected chi connectivity index (χ0v) is 18.0. The van der Waals surface area contributed by atoms with Gasteiger partial charge in [0, 0.05) is 29.0 Å². The number of hydrogen-bond donors (Lipinski definition) is 3. The first-order chi connectivity index (χ1) is 15.7. The number of para-hydroxylation sites is 1. The summed E-state index contributed by atoms with van der Waals surface area (Å²) >= 11 is 0. The molecule has 0 spiro atoms. The minimum absolute atomic E-state index is 0.0487. The first-order valence-electron chi connectivity index (χ1n) is 11.0. The SMILES string of the molecule is CCC1C(=O)Nc2ccc(-c3c(OCCCc4c[nH]c5ccccc45)ccnc3N)cc21. The molecule has 0 fully saturated rings. The lowest BCUT2D eigenvalue weighted by atomic mass is 9.94. The Labute approximate surface area is 186 Å². The number of nitrogens with two attached hydrogens (primary N) is 1. The van der Waals surface area contributed by atoms with Gasteiger partial charge in [0.05, 0.1) is 18.1 Å². The molecule has 6 heteroatoms. The zero-order chi connectivity index (χ0) is 22.1. The molecule has 0 bridgehead atoms. The second kappa shape index (κ2) is 8.38. The van der Waals surface area contributed by atoms with Gasteiger partial charge in [-0.25, -0.2) is 4.98 Å². The maximum absolute atomic E-state index is 12.2. The molecule has 1 aliphatic rings. The lowest BCUT2D eigenvalue weighted by Crippen LogP contribution is -2.10. The summed E-state index contributed by atoms with van der Waals surface area (Å²) in [6.07, 6.45) is 6.29. The number of carbonyl (C=O) groups is 1. The molecule has 0 aliphatic carbocycles. The number of rotatable bonds is 7. The Kier molecular flexibility index (Phi) is 5.27. The van der Waals surface area contributed by atoms with Crippen LogP contribution in [0.3, 0.4) is 0 Å². The molecule has 162 valence electrons. The summed E-state index contributed by atoms with van der Waals surface area (Å²) in [6, 6.07) is 16.1. The summed E-state index contributed by atoms with van der Waals surface area (Å²) in [4.78, 5) is 19.8. The fourth-order valence-electron chi connectivity index (χ4n) is 4.54. The second-order valence-corrected chi connectivity index (χ2v) is 8.13. The molecule has 1 unspecified atom stereocenters. The number of nitrogens with zero attached hydrogens (tertiary/aromatic N) is 1. The molecule has 1 aliphatic heterocycles. The number of benzene rings is 2. The van der Waals surface area contributed by atoms with Crippen molar-refractivity contribution in [1.82, 2.24) is 9.97 Å². The minimum atomic E-state index is -0.136. The highest BCUT2D eigenvalue weighted by atomic mass is 16.5. The van der Waals surface area contributed by atoms with Crippen molar-refractivity contribution in [3.8, 4) is 16.9 Å². The molecule has 1 atom stereocenters. The second-order valence-electron chi connectivity index (χ2n) is 8.13. The van der Waals surface area contributed by atoms with Crippen molar-refractivity contribution in [2.75, 3.05) is 17.7 Å². The van der Waals surface area contributed by atoms with Crippen LogP contribution in [-0.4, -0.2) is 22.5 Å². The molecular weight excluding hydrogens is 400 g/mol. The summed E-state index contributed by atoms with van der Waals surface area (Å²) in [5.41, 5.74) is 12.3. The first-order valence-corrected chi connectivity index (χ1v) is 11.0. The average molecular weight is 427 g/mol. The highest BCUT2D eigenvalue weighted by Gasteiger charge is 2.29. The van der Waals surface area contributed by atoms with Gasteiger partial charge in [0.2, 0.25) is 5.91 Å². The number of aryl methyl sites for hydroxylation is 1. The minimum Gasteiger partial charge on any atom is -0.493 e. The van der Waals surface area contributed by atoms with Crippen molar-refractivity contribution in [2.45, 2.75) is 32.1 Å². The van der Waals surface area contributed by atoms with Crippen LogP contribution >= 0.6 is 0 Å². The molecule has 2 aromatic heterocycles. The predicted molar refractivity (Wildman–Crippen MR) is 128 cm³/mol. The third-order valence-corrected chi connectivity index (χ3v) is 6.16. The van der Waals surface area contributed by atoms with Crippen LogP contribution in [0.5, 0.6) is 5.75 Å². The maximum atomic E-state index is 12.2. The topological polar surface area (TPSA) is 93.0 Å². The summed E-state index contributed by atoms with van der Waals surface area (Å²) in [7, 11) is 0. The van der Waals surface area contributed by atoms with Crippen molar-refractivity contribution in [3.05, 3.63) is 72.1 Å². The van der Waals surface area contributed by atoms with Gasteiger partial charge in [0.25, 0.3) is 0 Å². The largest absolute Gasteiger partial charge is 0.493 e. The first kappa shape index (κ1) is 20.1. The van der Waals surface area contributed by atoms with Gasteiger partial charge in [-0.2, -0.15) is 0 Å². The van der Waals surface area contributed by atoms with Gasteiger partial charge >= 0.3 is 0 Å². The van der Waals surface area contributed by atoms with Crippen LogP contribution in [-0.2, 0) is 11.2 Å². The fourth-order valence-corrected chi connectivity index (χ4v) is 4.54. The van der Waals surface area contributed by atoms with Crippen LogP contribution in [0.15, 0.2) is 60.9 Å². The third-order valence-electron chi connectivity index (χ3n) is 6.16. The summed E-state index contributed by atoms with van der Waals surface area (Å²) in [6.45, 7) is 2.59. The molecule has 0 saturated heterocycles. The van der Waals surface area contributed by atoms with Crippen molar-refractivity contribution < 1.29 is 9.53 Å². The average Bonchev–Trinajstić information content (AvgIpc) is 3.36. The van der Waals surface area contributed by atoms with Crippen LogP contribution in [0.25, 0.3) is 22.0 Å². The van der Waals surface area contributed by atoms with Gasteiger partial charge in [-0.1, -0.05) is 31.2 Å². The molecular formula is C26H26N4O2. The molecule has 1 amide bonds. The van der Waals surface area contributed by atoms with Gasteiger partial charge in [-0.15, -0.1) is 0 Å². The Morgan fingerprint density at radius 3 is 2.91 bits per heavy atom. The molecule has 0 saturated carbocycles. The van der Waals surface area contributed by atoms with E-state index in [0.717, 1.165) is 47.2 Å².